The molecule has 168 valence electrons. The topological polar surface area (TPSA) is 139 Å². The number of fused-ring (bicyclic) bond motifs is 3. The zero-order valence-electron chi connectivity index (χ0n) is 17.5. The second kappa shape index (κ2) is 10.8. The van der Waals surface area contributed by atoms with Gasteiger partial charge < -0.3 is 15.0 Å². The van der Waals surface area contributed by atoms with Gasteiger partial charge in [-0.25, -0.2) is 18.1 Å². The van der Waals surface area contributed by atoms with E-state index in [1.807, 2.05) is 6.92 Å². The van der Waals surface area contributed by atoms with Crippen LogP contribution in [0.15, 0.2) is 28.3 Å². The number of ether oxygens (including phenoxy) is 1. The van der Waals surface area contributed by atoms with Crippen LogP contribution in [0, 0.1) is 0 Å². The van der Waals surface area contributed by atoms with E-state index >= 15 is 0 Å². The number of aromatic nitrogens is 4. The minimum Gasteiger partial charge on any atom is -0.385 e. The van der Waals surface area contributed by atoms with Crippen molar-refractivity contribution in [3.8, 4) is 0 Å². The number of hydrogen-bond donors (Lipinski definition) is 3. The van der Waals surface area contributed by atoms with Gasteiger partial charge in [-0.15, -0.1) is 10.2 Å². The molecule has 0 saturated heterocycles. The van der Waals surface area contributed by atoms with Crippen molar-refractivity contribution < 1.29 is 17.9 Å². The third kappa shape index (κ3) is 6.12. The Hall–Kier alpha value is -2.28. The summed E-state index contributed by atoms with van der Waals surface area (Å²) < 4.78 is 32.5. The number of amides is 1. The van der Waals surface area contributed by atoms with Crippen LogP contribution in [0.2, 0.25) is 0 Å². The highest BCUT2D eigenvalue weighted by Gasteiger charge is 2.17. The summed E-state index contributed by atoms with van der Waals surface area (Å²) in [7, 11) is -1.98. The van der Waals surface area contributed by atoms with E-state index in [0.29, 0.717) is 46.9 Å². The molecule has 0 atom stereocenters. The monoisotopic (exact) mass is 466 g/mol. The molecule has 0 bridgehead atoms. The molecule has 3 rings (SSSR count). The van der Waals surface area contributed by atoms with Crippen molar-refractivity contribution in [1.82, 2.24) is 30.2 Å². The van der Waals surface area contributed by atoms with Crippen LogP contribution in [0.1, 0.15) is 26.2 Å². The minimum absolute atomic E-state index is 0.119. The first kappa shape index (κ1) is 23.4. The van der Waals surface area contributed by atoms with Gasteiger partial charge in [0.15, 0.2) is 5.65 Å². The number of rotatable bonds is 12. The highest BCUT2D eigenvalue weighted by molar-refractivity contribution is 7.99. The lowest BCUT2D eigenvalue weighted by molar-refractivity contribution is -0.118. The predicted octanol–water partition coefficient (Wildman–Crippen LogP) is 1.83. The number of methoxy groups -OCH3 is 1. The van der Waals surface area contributed by atoms with Crippen molar-refractivity contribution >= 4 is 49.8 Å². The number of nitrogens with one attached hydrogen (secondary N) is 3. The fourth-order valence-electron chi connectivity index (χ4n) is 2.86. The highest BCUT2D eigenvalue weighted by Crippen LogP contribution is 2.26. The molecule has 1 aromatic carbocycles. The summed E-state index contributed by atoms with van der Waals surface area (Å²) >= 11 is 1.18. The number of thioether (sulfide) groups is 1. The van der Waals surface area contributed by atoms with Gasteiger partial charge in [-0.2, -0.15) is 0 Å². The molecule has 0 unspecified atom stereocenters. The van der Waals surface area contributed by atoms with Gasteiger partial charge in [-0.05, 0) is 31.0 Å². The predicted molar refractivity (Wildman–Crippen MR) is 120 cm³/mol. The maximum atomic E-state index is 12.5. The van der Waals surface area contributed by atoms with Gasteiger partial charge in [-0.1, -0.05) is 25.1 Å². The Labute approximate surface area is 185 Å². The molecule has 0 fully saturated rings. The number of unbranched alkanes of at least 4 members (excludes halogenated alkanes) is 1. The molecule has 0 radical (unpaired) electrons. The van der Waals surface area contributed by atoms with Crippen molar-refractivity contribution in [1.29, 1.82) is 0 Å². The fraction of sp³-hybridized carbons (Fsp3) is 0.474. The maximum Gasteiger partial charge on any atom is 0.240 e. The van der Waals surface area contributed by atoms with Gasteiger partial charge in [-0.3, -0.25) is 4.79 Å². The van der Waals surface area contributed by atoms with E-state index in [-0.39, 0.29) is 16.6 Å². The molecule has 10 nitrogen and oxygen atoms in total. The smallest absolute Gasteiger partial charge is 0.240 e. The molecular weight excluding hydrogens is 440 g/mol. The van der Waals surface area contributed by atoms with Crippen LogP contribution in [0.25, 0.3) is 22.1 Å². The largest absolute Gasteiger partial charge is 0.385 e. The van der Waals surface area contributed by atoms with Gasteiger partial charge >= 0.3 is 0 Å². The van der Waals surface area contributed by atoms with Gasteiger partial charge in [0.1, 0.15) is 5.52 Å². The van der Waals surface area contributed by atoms with Crippen LogP contribution in [-0.4, -0.2) is 67.0 Å². The molecule has 0 spiro atoms. The fourth-order valence-corrected chi connectivity index (χ4v) is 4.57. The SMILES string of the molecule is CCCCNS(=O)(=O)c1ccc2[nH]c3nc(SCC(=O)NCCCOC)nnc3c2c1. The summed E-state index contributed by atoms with van der Waals surface area (Å²) in [5.74, 6) is 0.0542. The van der Waals surface area contributed by atoms with Crippen LogP contribution in [-0.2, 0) is 19.6 Å². The highest BCUT2D eigenvalue weighted by atomic mass is 32.2. The first-order valence-corrected chi connectivity index (χ1v) is 12.5. The van der Waals surface area contributed by atoms with Crippen LogP contribution < -0.4 is 10.0 Å². The van der Waals surface area contributed by atoms with Gasteiger partial charge in [0.25, 0.3) is 0 Å². The number of hydrogen-bond acceptors (Lipinski definition) is 8. The summed E-state index contributed by atoms with van der Waals surface area (Å²) in [5.41, 5.74) is 1.68. The Morgan fingerprint density at radius 1 is 1.23 bits per heavy atom. The Morgan fingerprint density at radius 3 is 2.84 bits per heavy atom. The van der Waals surface area contributed by atoms with Gasteiger partial charge in [0.2, 0.25) is 21.1 Å². The Kier molecular flexibility index (Phi) is 8.18. The lowest BCUT2D eigenvalue weighted by atomic mass is 10.2. The molecule has 31 heavy (non-hydrogen) atoms. The van der Waals surface area contributed by atoms with Crippen molar-refractivity contribution in [2.45, 2.75) is 36.2 Å². The standard InChI is InChI=1S/C19H26N6O4S2/c1-3-4-9-21-31(27,28)13-6-7-15-14(11-13)17-18(22-15)23-19(25-24-17)30-12-16(26)20-8-5-10-29-2/h6-7,11,21H,3-5,8-10,12H2,1-2H3,(H,20,26)(H,22,23,25). The molecule has 3 N–H and O–H groups in total. The zero-order chi connectivity index (χ0) is 22.3. The number of aromatic amines is 1. The van der Waals surface area contributed by atoms with E-state index in [4.69, 9.17) is 4.74 Å². The molecular formula is C19H26N6O4S2. The van der Waals surface area contributed by atoms with Crippen molar-refractivity contribution in [3.05, 3.63) is 18.2 Å². The van der Waals surface area contributed by atoms with E-state index < -0.39 is 10.0 Å². The molecule has 0 aliphatic carbocycles. The van der Waals surface area contributed by atoms with Crippen LogP contribution in [0.4, 0.5) is 0 Å². The van der Waals surface area contributed by atoms with Gasteiger partial charge in [0.05, 0.1) is 10.6 Å². The maximum absolute atomic E-state index is 12.5. The zero-order valence-corrected chi connectivity index (χ0v) is 19.1. The number of carbonyl (C=O) groups excluding carboxylic acids is 1. The second-order valence-electron chi connectivity index (χ2n) is 6.86. The third-order valence-corrected chi connectivity index (χ3v) is 6.78. The molecule has 2 aromatic heterocycles. The lowest BCUT2D eigenvalue weighted by Gasteiger charge is -2.06. The van der Waals surface area contributed by atoms with E-state index in [1.54, 1.807) is 25.3 Å². The molecule has 1 amide bonds. The van der Waals surface area contributed by atoms with E-state index in [0.717, 1.165) is 19.3 Å². The van der Waals surface area contributed by atoms with Crippen LogP contribution >= 0.6 is 11.8 Å². The summed E-state index contributed by atoms with van der Waals surface area (Å²) in [4.78, 5) is 19.6. The number of sulfonamides is 1. The van der Waals surface area contributed by atoms with Crippen molar-refractivity contribution in [2.75, 3.05) is 32.6 Å². The molecule has 0 saturated carbocycles. The average Bonchev–Trinajstić information content (AvgIpc) is 3.12. The Balaban J connectivity index is 1.72. The number of H-pyrrole nitrogens is 1. The van der Waals surface area contributed by atoms with E-state index in [9.17, 15) is 13.2 Å². The quantitative estimate of drug-likeness (QED) is 0.271. The van der Waals surface area contributed by atoms with Crippen LogP contribution in [0.5, 0.6) is 0 Å². The summed E-state index contributed by atoms with van der Waals surface area (Å²) in [6, 6.07) is 4.80. The van der Waals surface area contributed by atoms with Gasteiger partial charge in [0, 0.05) is 37.7 Å². The Morgan fingerprint density at radius 2 is 2.06 bits per heavy atom. The molecule has 12 heteroatoms. The molecule has 0 aliphatic heterocycles. The summed E-state index contributed by atoms with van der Waals surface area (Å²) in [6.45, 7) is 3.54. The Bertz CT molecular complexity index is 1150. The van der Waals surface area contributed by atoms with Crippen molar-refractivity contribution in [3.63, 3.8) is 0 Å². The first-order valence-electron chi connectivity index (χ1n) is 9.99. The molecule has 0 aliphatic rings. The third-order valence-electron chi connectivity index (χ3n) is 4.48. The number of nitrogens with zero attached hydrogens (tertiary/aromatic N) is 3. The van der Waals surface area contributed by atoms with E-state index in [2.05, 4.69) is 30.2 Å². The lowest BCUT2D eigenvalue weighted by Crippen LogP contribution is -2.26. The number of carbonyl (C=O) groups is 1. The second-order valence-corrected chi connectivity index (χ2v) is 9.57. The molecule has 3 aromatic rings. The minimum atomic E-state index is -3.60. The summed E-state index contributed by atoms with van der Waals surface area (Å²) in [6.07, 6.45) is 2.43. The normalized spacial score (nSPS) is 11.9. The average molecular weight is 467 g/mol. The molecule has 2 heterocycles. The van der Waals surface area contributed by atoms with E-state index in [1.165, 1.54) is 11.8 Å². The van der Waals surface area contributed by atoms with Crippen LogP contribution in [0.3, 0.4) is 0 Å². The first-order chi connectivity index (χ1) is 14.9. The number of benzene rings is 1. The van der Waals surface area contributed by atoms with Crippen molar-refractivity contribution in [2.24, 2.45) is 0 Å². The summed E-state index contributed by atoms with van der Waals surface area (Å²) in [5, 5.41) is 12.1.